The zero-order chi connectivity index (χ0) is 19.3. The van der Waals surface area contributed by atoms with Gasteiger partial charge in [0.15, 0.2) is 0 Å². The summed E-state index contributed by atoms with van der Waals surface area (Å²) in [6, 6.07) is 14.5. The molecular formula is C24H29FO2. The highest BCUT2D eigenvalue weighted by atomic mass is 19.1. The molecule has 0 bridgehead atoms. The summed E-state index contributed by atoms with van der Waals surface area (Å²) in [5.41, 5.74) is 3.01. The molecule has 0 aliphatic heterocycles. The van der Waals surface area contributed by atoms with Crippen LogP contribution in [0.15, 0.2) is 48.5 Å². The summed E-state index contributed by atoms with van der Waals surface area (Å²) >= 11 is 0. The van der Waals surface area contributed by atoms with Crippen LogP contribution in [-0.4, -0.2) is 11.1 Å². The lowest BCUT2D eigenvalue weighted by Crippen LogP contribution is -2.31. The third-order valence-corrected chi connectivity index (χ3v) is 6.29. The molecule has 1 aliphatic carbocycles. The van der Waals surface area contributed by atoms with Gasteiger partial charge in [0.1, 0.15) is 5.82 Å². The molecule has 0 saturated heterocycles. The Morgan fingerprint density at radius 2 is 1.67 bits per heavy atom. The van der Waals surface area contributed by atoms with Gasteiger partial charge in [0.2, 0.25) is 0 Å². The van der Waals surface area contributed by atoms with Crippen LogP contribution in [0.4, 0.5) is 4.39 Å². The zero-order valence-corrected chi connectivity index (χ0v) is 16.1. The van der Waals surface area contributed by atoms with Crippen molar-refractivity contribution in [2.24, 2.45) is 0 Å². The van der Waals surface area contributed by atoms with Crippen molar-refractivity contribution >= 4 is 5.97 Å². The number of halogens is 1. The molecule has 2 nitrogen and oxygen atoms in total. The number of hydrogen-bond donors (Lipinski definition) is 1. The number of benzene rings is 2. The topological polar surface area (TPSA) is 37.3 Å². The van der Waals surface area contributed by atoms with E-state index in [4.69, 9.17) is 5.11 Å². The van der Waals surface area contributed by atoms with E-state index in [1.165, 1.54) is 30.4 Å². The van der Waals surface area contributed by atoms with Crippen LogP contribution in [-0.2, 0) is 5.41 Å². The van der Waals surface area contributed by atoms with Gasteiger partial charge < -0.3 is 5.11 Å². The maximum Gasteiger partial charge on any atom is 0.335 e. The Morgan fingerprint density at radius 1 is 1.04 bits per heavy atom. The molecule has 0 radical (unpaired) electrons. The van der Waals surface area contributed by atoms with Crippen molar-refractivity contribution in [1.29, 1.82) is 0 Å². The number of hydrogen-bond acceptors (Lipinski definition) is 1. The summed E-state index contributed by atoms with van der Waals surface area (Å²) in [4.78, 5) is 11.1. The minimum Gasteiger partial charge on any atom is -0.478 e. The Morgan fingerprint density at radius 3 is 2.22 bits per heavy atom. The first-order valence-corrected chi connectivity index (χ1v) is 10.1. The van der Waals surface area contributed by atoms with Gasteiger partial charge in [-0.05, 0) is 78.8 Å². The van der Waals surface area contributed by atoms with Gasteiger partial charge in [0.25, 0.3) is 0 Å². The fraction of sp³-hybridized carbons (Fsp3) is 0.458. The summed E-state index contributed by atoms with van der Waals surface area (Å²) in [6.45, 7) is 2.22. The molecule has 2 aromatic rings. The number of carbonyl (C=O) groups is 1. The summed E-state index contributed by atoms with van der Waals surface area (Å²) in [7, 11) is 0. The van der Waals surface area contributed by atoms with Gasteiger partial charge in [-0.15, -0.1) is 0 Å². The Kier molecular flexibility index (Phi) is 6.30. The molecule has 1 saturated carbocycles. The number of carboxylic acid groups (broad SMARTS) is 1. The van der Waals surface area contributed by atoms with E-state index in [9.17, 15) is 9.18 Å². The first kappa shape index (κ1) is 19.6. The maximum absolute atomic E-state index is 13.4. The van der Waals surface area contributed by atoms with Crippen LogP contribution >= 0.6 is 0 Å². The SMILES string of the molecule is CCCCC[C@]1(c2ccc(F)cc2)CC[C@@H](c2ccc(C(=O)O)cc2)CC1. The van der Waals surface area contributed by atoms with E-state index >= 15 is 0 Å². The van der Waals surface area contributed by atoms with Crippen LogP contribution in [0.1, 0.15) is 85.7 Å². The molecule has 0 atom stereocenters. The second-order valence-electron chi connectivity index (χ2n) is 7.95. The largest absolute Gasteiger partial charge is 0.478 e. The van der Waals surface area contributed by atoms with Crippen LogP contribution < -0.4 is 0 Å². The molecule has 2 aromatic carbocycles. The Bertz CT molecular complexity index is 741. The van der Waals surface area contributed by atoms with E-state index in [2.05, 4.69) is 6.92 Å². The molecule has 3 rings (SSSR count). The van der Waals surface area contributed by atoms with Gasteiger partial charge in [0, 0.05) is 0 Å². The van der Waals surface area contributed by atoms with Crippen LogP contribution in [0, 0.1) is 5.82 Å². The molecule has 0 heterocycles. The third kappa shape index (κ3) is 4.58. The minimum atomic E-state index is -0.878. The van der Waals surface area contributed by atoms with Crippen molar-refractivity contribution in [3.05, 3.63) is 71.0 Å². The van der Waals surface area contributed by atoms with Crippen LogP contribution in [0.25, 0.3) is 0 Å². The predicted octanol–water partition coefficient (Wildman–Crippen LogP) is 6.70. The van der Waals surface area contributed by atoms with E-state index in [1.807, 2.05) is 24.3 Å². The quantitative estimate of drug-likeness (QED) is 0.552. The lowest BCUT2D eigenvalue weighted by molar-refractivity contribution is 0.0697. The molecule has 0 spiro atoms. The fourth-order valence-corrected chi connectivity index (χ4v) is 4.60. The van der Waals surface area contributed by atoms with Crippen molar-refractivity contribution in [3.8, 4) is 0 Å². The van der Waals surface area contributed by atoms with Gasteiger partial charge in [-0.1, -0.05) is 50.5 Å². The Balaban J connectivity index is 1.74. The summed E-state index contributed by atoms with van der Waals surface area (Å²) in [6.07, 6.45) is 9.22. The van der Waals surface area contributed by atoms with Gasteiger partial charge in [-0.2, -0.15) is 0 Å². The predicted molar refractivity (Wildman–Crippen MR) is 107 cm³/mol. The van der Waals surface area contributed by atoms with Gasteiger partial charge in [-0.25, -0.2) is 9.18 Å². The Labute approximate surface area is 161 Å². The molecule has 144 valence electrons. The van der Waals surface area contributed by atoms with Crippen molar-refractivity contribution < 1.29 is 14.3 Å². The number of carboxylic acids is 1. The second kappa shape index (κ2) is 8.69. The average molecular weight is 368 g/mol. The first-order chi connectivity index (χ1) is 13.0. The third-order valence-electron chi connectivity index (χ3n) is 6.29. The lowest BCUT2D eigenvalue weighted by atomic mass is 9.63. The van der Waals surface area contributed by atoms with Gasteiger partial charge in [0.05, 0.1) is 5.56 Å². The van der Waals surface area contributed by atoms with Crippen molar-refractivity contribution in [2.75, 3.05) is 0 Å². The van der Waals surface area contributed by atoms with Crippen molar-refractivity contribution in [1.82, 2.24) is 0 Å². The number of unbranched alkanes of at least 4 members (excludes halogenated alkanes) is 2. The van der Waals surface area contributed by atoms with E-state index < -0.39 is 5.97 Å². The lowest BCUT2D eigenvalue weighted by Gasteiger charge is -2.41. The van der Waals surface area contributed by atoms with E-state index in [-0.39, 0.29) is 11.2 Å². The Hall–Kier alpha value is -2.16. The highest BCUT2D eigenvalue weighted by molar-refractivity contribution is 5.87. The fourth-order valence-electron chi connectivity index (χ4n) is 4.60. The second-order valence-corrected chi connectivity index (χ2v) is 7.95. The molecule has 27 heavy (non-hydrogen) atoms. The van der Waals surface area contributed by atoms with E-state index in [0.29, 0.717) is 11.5 Å². The molecule has 0 unspecified atom stereocenters. The molecular weight excluding hydrogens is 339 g/mol. The van der Waals surface area contributed by atoms with E-state index in [1.54, 1.807) is 24.3 Å². The standard InChI is InChI=1S/C24H29FO2/c1-2-3-4-15-24(21-9-11-22(25)12-10-21)16-13-19(14-17-24)18-5-7-20(8-6-18)23(26)27/h5-12,19H,2-4,13-17H2,1H3,(H,26,27)/t19-,24+. The average Bonchev–Trinajstić information content (AvgIpc) is 2.69. The van der Waals surface area contributed by atoms with Crippen molar-refractivity contribution in [3.63, 3.8) is 0 Å². The number of rotatable bonds is 7. The summed E-state index contributed by atoms with van der Waals surface area (Å²) < 4.78 is 13.4. The summed E-state index contributed by atoms with van der Waals surface area (Å²) in [5, 5.41) is 9.08. The normalized spacial score (nSPS) is 22.5. The van der Waals surface area contributed by atoms with Crippen LogP contribution in [0.5, 0.6) is 0 Å². The summed E-state index contributed by atoms with van der Waals surface area (Å²) in [5.74, 6) is -0.571. The maximum atomic E-state index is 13.4. The monoisotopic (exact) mass is 368 g/mol. The molecule has 0 amide bonds. The van der Waals surface area contributed by atoms with Gasteiger partial charge in [-0.3, -0.25) is 0 Å². The smallest absolute Gasteiger partial charge is 0.335 e. The van der Waals surface area contributed by atoms with E-state index in [0.717, 1.165) is 32.1 Å². The molecule has 0 aromatic heterocycles. The minimum absolute atomic E-state index is 0.153. The highest BCUT2D eigenvalue weighted by Gasteiger charge is 2.36. The highest BCUT2D eigenvalue weighted by Crippen LogP contribution is 2.47. The first-order valence-electron chi connectivity index (χ1n) is 10.1. The number of aromatic carboxylic acids is 1. The molecule has 1 N–H and O–H groups in total. The molecule has 1 fully saturated rings. The van der Waals surface area contributed by atoms with Crippen molar-refractivity contribution in [2.45, 2.75) is 69.6 Å². The molecule has 3 heteroatoms. The van der Waals surface area contributed by atoms with Crippen LogP contribution in [0.3, 0.4) is 0 Å². The van der Waals surface area contributed by atoms with Crippen LogP contribution in [0.2, 0.25) is 0 Å². The molecule has 1 aliphatic rings. The van der Waals surface area contributed by atoms with Gasteiger partial charge >= 0.3 is 5.97 Å². The zero-order valence-electron chi connectivity index (χ0n) is 16.1.